The van der Waals surface area contributed by atoms with Crippen LogP contribution in [0.3, 0.4) is 0 Å². The second-order valence-corrected chi connectivity index (χ2v) is 8.00. The fraction of sp³-hybridized carbons (Fsp3) is 0.467. The minimum Gasteiger partial charge on any atom is -0.465 e. The lowest BCUT2D eigenvalue weighted by atomic mass is 9.97. The molecule has 2 rings (SSSR count). The number of hydrogen-bond acceptors (Lipinski definition) is 5. The molecule has 0 bridgehead atoms. The lowest BCUT2D eigenvalue weighted by Gasteiger charge is -2.29. The zero-order valence-electron chi connectivity index (χ0n) is 13.4. The molecular weight excluding hydrogens is 356 g/mol. The first-order chi connectivity index (χ1) is 11.2. The summed E-state index contributed by atoms with van der Waals surface area (Å²) in [5, 5.41) is 3.02. The number of benzene rings is 1. The number of nitrogens with one attached hydrogen (secondary N) is 1. The minimum atomic E-state index is -3.23. The van der Waals surface area contributed by atoms with Gasteiger partial charge < -0.3 is 10.1 Å². The molecule has 1 N–H and O–H groups in total. The number of hydrogen-bond donors (Lipinski definition) is 1. The summed E-state index contributed by atoms with van der Waals surface area (Å²) in [6.45, 7) is 0.625. The van der Waals surface area contributed by atoms with Gasteiger partial charge in [-0.3, -0.25) is 4.79 Å². The number of piperidine rings is 1. The van der Waals surface area contributed by atoms with Crippen LogP contribution in [0.4, 0.5) is 5.69 Å². The van der Waals surface area contributed by atoms with Crippen molar-refractivity contribution in [1.29, 1.82) is 0 Å². The molecule has 132 valence electrons. The summed E-state index contributed by atoms with van der Waals surface area (Å²) < 4.78 is 29.0. The van der Waals surface area contributed by atoms with E-state index in [9.17, 15) is 18.0 Å². The van der Waals surface area contributed by atoms with E-state index in [4.69, 9.17) is 11.6 Å². The molecule has 1 saturated heterocycles. The van der Waals surface area contributed by atoms with E-state index in [2.05, 4.69) is 10.1 Å². The molecule has 9 heteroatoms. The topological polar surface area (TPSA) is 92.8 Å². The molecule has 0 radical (unpaired) electrons. The molecule has 0 aliphatic carbocycles. The van der Waals surface area contributed by atoms with Crippen LogP contribution in [-0.2, 0) is 19.6 Å². The van der Waals surface area contributed by atoms with Crippen molar-refractivity contribution in [2.24, 2.45) is 5.92 Å². The SMILES string of the molecule is COC(=O)c1ccc(Cl)c(NC(=O)C2CCN(S(C)(=O)=O)CC2)c1. The number of methoxy groups -OCH3 is 1. The Morgan fingerprint density at radius 2 is 1.92 bits per heavy atom. The summed E-state index contributed by atoms with van der Waals surface area (Å²) >= 11 is 6.06. The molecule has 1 amide bonds. The van der Waals surface area contributed by atoms with Crippen LogP contribution in [0.2, 0.25) is 5.02 Å². The van der Waals surface area contributed by atoms with Crippen molar-refractivity contribution in [3.63, 3.8) is 0 Å². The molecule has 0 aromatic heterocycles. The summed E-state index contributed by atoms with van der Waals surface area (Å²) in [5.74, 6) is -1.07. The molecule has 0 unspecified atom stereocenters. The Morgan fingerprint density at radius 3 is 2.46 bits per heavy atom. The van der Waals surface area contributed by atoms with E-state index in [0.29, 0.717) is 36.6 Å². The van der Waals surface area contributed by atoms with E-state index in [1.54, 1.807) is 0 Å². The smallest absolute Gasteiger partial charge is 0.337 e. The largest absolute Gasteiger partial charge is 0.465 e. The fourth-order valence-electron chi connectivity index (χ4n) is 2.55. The lowest BCUT2D eigenvalue weighted by Crippen LogP contribution is -2.40. The number of esters is 1. The maximum atomic E-state index is 12.4. The van der Waals surface area contributed by atoms with Gasteiger partial charge in [0.2, 0.25) is 15.9 Å². The third-order valence-corrected chi connectivity index (χ3v) is 5.57. The van der Waals surface area contributed by atoms with Crippen molar-refractivity contribution in [2.75, 3.05) is 31.8 Å². The fourth-order valence-corrected chi connectivity index (χ4v) is 3.59. The Balaban J connectivity index is 2.04. The van der Waals surface area contributed by atoms with Gasteiger partial charge in [-0.05, 0) is 31.0 Å². The lowest BCUT2D eigenvalue weighted by molar-refractivity contribution is -0.120. The van der Waals surface area contributed by atoms with Crippen LogP contribution in [0.5, 0.6) is 0 Å². The van der Waals surface area contributed by atoms with Crippen molar-refractivity contribution in [2.45, 2.75) is 12.8 Å². The molecule has 1 aliphatic rings. The molecular formula is C15H19ClN2O5S. The molecule has 7 nitrogen and oxygen atoms in total. The monoisotopic (exact) mass is 374 g/mol. The normalized spacial score (nSPS) is 16.6. The van der Waals surface area contributed by atoms with Crippen LogP contribution < -0.4 is 5.32 Å². The van der Waals surface area contributed by atoms with Gasteiger partial charge in [0, 0.05) is 19.0 Å². The molecule has 0 spiro atoms. The number of rotatable bonds is 4. The molecule has 1 aromatic rings. The number of carbonyl (C=O) groups excluding carboxylic acids is 2. The van der Waals surface area contributed by atoms with Gasteiger partial charge in [0.25, 0.3) is 0 Å². The van der Waals surface area contributed by atoms with Crippen LogP contribution in [-0.4, -0.2) is 51.1 Å². The van der Waals surface area contributed by atoms with Gasteiger partial charge in [0.05, 0.1) is 29.6 Å². The molecule has 1 aromatic carbocycles. The highest BCUT2D eigenvalue weighted by molar-refractivity contribution is 7.88. The Morgan fingerprint density at radius 1 is 1.29 bits per heavy atom. The van der Waals surface area contributed by atoms with Crippen LogP contribution >= 0.6 is 11.6 Å². The average Bonchev–Trinajstić information content (AvgIpc) is 2.55. The molecule has 0 atom stereocenters. The zero-order chi connectivity index (χ0) is 17.9. The first-order valence-corrected chi connectivity index (χ1v) is 9.59. The highest BCUT2D eigenvalue weighted by Crippen LogP contribution is 2.26. The Hall–Kier alpha value is -1.64. The number of halogens is 1. The highest BCUT2D eigenvalue weighted by atomic mass is 35.5. The minimum absolute atomic E-state index is 0.243. The number of amides is 1. The number of anilines is 1. The first-order valence-electron chi connectivity index (χ1n) is 7.36. The van der Waals surface area contributed by atoms with Crippen molar-refractivity contribution in [3.8, 4) is 0 Å². The highest BCUT2D eigenvalue weighted by Gasteiger charge is 2.29. The Labute approximate surface area is 146 Å². The standard InChI is InChI=1S/C15H19ClN2O5S/c1-23-15(20)11-3-4-12(16)13(9-11)17-14(19)10-5-7-18(8-6-10)24(2,21)22/h3-4,9-10H,5-8H2,1-2H3,(H,17,19). The van der Waals surface area contributed by atoms with Crippen molar-refractivity contribution in [1.82, 2.24) is 4.31 Å². The second kappa shape index (κ2) is 7.50. The van der Waals surface area contributed by atoms with E-state index < -0.39 is 16.0 Å². The van der Waals surface area contributed by atoms with Crippen LogP contribution in [0.25, 0.3) is 0 Å². The van der Waals surface area contributed by atoms with E-state index in [0.717, 1.165) is 6.26 Å². The molecule has 24 heavy (non-hydrogen) atoms. The maximum Gasteiger partial charge on any atom is 0.337 e. The van der Waals surface area contributed by atoms with Gasteiger partial charge in [0.1, 0.15) is 0 Å². The summed E-state index contributed by atoms with van der Waals surface area (Å²) in [6.07, 6.45) is 2.03. The van der Waals surface area contributed by atoms with Crippen LogP contribution in [0, 0.1) is 5.92 Å². The summed E-state index contributed by atoms with van der Waals surface area (Å²) in [7, 11) is -1.96. The number of sulfonamides is 1. The van der Waals surface area contributed by atoms with Gasteiger partial charge >= 0.3 is 5.97 Å². The summed E-state index contributed by atoms with van der Waals surface area (Å²) in [5.41, 5.74) is 0.610. The third-order valence-electron chi connectivity index (χ3n) is 3.94. The van der Waals surface area contributed by atoms with Crippen LogP contribution in [0.1, 0.15) is 23.2 Å². The quantitative estimate of drug-likeness (QED) is 0.810. The van der Waals surface area contributed by atoms with Crippen molar-refractivity contribution < 1.29 is 22.7 Å². The first kappa shape index (κ1) is 18.7. The van der Waals surface area contributed by atoms with Gasteiger partial charge in [-0.2, -0.15) is 0 Å². The zero-order valence-corrected chi connectivity index (χ0v) is 15.0. The molecule has 1 fully saturated rings. The molecule has 1 heterocycles. The Kier molecular flexibility index (Phi) is 5.84. The van der Waals surface area contributed by atoms with Gasteiger partial charge in [-0.15, -0.1) is 0 Å². The summed E-state index contributed by atoms with van der Waals surface area (Å²) in [6, 6.07) is 4.47. The third kappa shape index (κ3) is 4.46. The van der Waals surface area contributed by atoms with E-state index >= 15 is 0 Å². The van der Waals surface area contributed by atoms with Gasteiger partial charge in [0.15, 0.2) is 0 Å². The maximum absolute atomic E-state index is 12.4. The van der Waals surface area contributed by atoms with Gasteiger partial charge in [-0.1, -0.05) is 11.6 Å². The van der Waals surface area contributed by atoms with E-state index in [-0.39, 0.29) is 17.4 Å². The second-order valence-electron chi connectivity index (χ2n) is 5.61. The van der Waals surface area contributed by atoms with E-state index in [1.807, 2.05) is 0 Å². The Bertz CT molecular complexity index is 742. The van der Waals surface area contributed by atoms with Gasteiger partial charge in [-0.25, -0.2) is 17.5 Å². The average molecular weight is 375 g/mol. The molecule has 0 saturated carbocycles. The van der Waals surface area contributed by atoms with Crippen molar-refractivity contribution >= 4 is 39.2 Å². The van der Waals surface area contributed by atoms with Crippen molar-refractivity contribution in [3.05, 3.63) is 28.8 Å². The molecule has 1 aliphatic heterocycles. The predicted molar refractivity (Wildman–Crippen MR) is 90.6 cm³/mol. The predicted octanol–water partition coefficient (Wildman–Crippen LogP) is 1.74. The van der Waals surface area contributed by atoms with E-state index in [1.165, 1.54) is 29.6 Å². The summed E-state index contributed by atoms with van der Waals surface area (Å²) in [4.78, 5) is 23.9. The van der Waals surface area contributed by atoms with Crippen LogP contribution in [0.15, 0.2) is 18.2 Å². The number of nitrogens with zero attached hydrogens (tertiary/aromatic N) is 1. The number of carbonyl (C=O) groups is 2. The number of ether oxygens (including phenoxy) is 1.